The number of hydrogen-bond acceptors (Lipinski definition) is 8. The zero-order valence-electron chi connectivity index (χ0n) is 31.2. The van der Waals surface area contributed by atoms with E-state index in [1.165, 1.54) is 86.9 Å². The minimum atomic E-state index is -4.88. The number of urea groups is 1. The van der Waals surface area contributed by atoms with Crippen LogP contribution in [0.1, 0.15) is 132 Å². The van der Waals surface area contributed by atoms with E-state index in [9.17, 15) is 27.9 Å². The van der Waals surface area contributed by atoms with Gasteiger partial charge in [-0.3, -0.25) is 14.2 Å². The molecular weight excluding hydrogens is 654 g/mol. The Labute approximate surface area is 295 Å². The van der Waals surface area contributed by atoms with Gasteiger partial charge in [0.2, 0.25) is 0 Å². The Bertz CT molecular complexity index is 1130. The molecule has 0 aromatic rings. The zero-order chi connectivity index (χ0) is 36.9. The molecule has 14 nitrogen and oxygen atoms in total. The Morgan fingerprint density at radius 1 is 0.959 bits per heavy atom. The predicted octanol–water partition coefficient (Wildman–Crippen LogP) is 4.65. The van der Waals surface area contributed by atoms with Crippen molar-refractivity contribution < 1.29 is 46.1 Å². The fraction of sp³-hybridized carbons (Fsp3) is 0.912. The van der Waals surface area contributed by atoms with Gasteiger partial charge in [-0.15, -0.1) is 4.28 Å². The Hall–Kier alpha value is -2.20. The smallest absolute Gasteiger partial charge is 0.418 e. The lowest BCUT2D eigenvalue weighted by Crippen LogP contribution is -2.67. The predicted molar refractivity (Wildman–Crippen MR) is 185 cm³/mol. The van der Waals surface area contributed by atoms with Crippen LogP contribution in [0.25, 0.3) is 0 Å². The number of amides is 4. The Balaban J connectivity index is 0.000000417. The standard InChI is InChI=1S/C18H30N4O9S.C16H36N/c1-17(2,3)18(8-4-5-9-21(18)16(25)26)11-30-19-14(23)13-7-6-12-10-20(13)15(24)22(12)31-32(27,28)29;1-5-9-13-17(14-10-6-2,15-11-7-3)16-12-8-4/h12-13H,4-11H2,1-3H3,(H,19,23)(H,25,26)(H,27,28,29);5-16H2,1-4H3/q;+1/p-1/t12-,13+,18-;/m1./s1. The molecule has 3 aliphatic heterocycles. The number of carbonyl (C=O) groups excluding carboxylic acids is 3. The summed E-state index contributed by atoms with van der Waals surface area (Å²) < 4.78 is 36.6. The largest absolute Gasteiger partial charge is 0.530 e. The summed E-state index contributed by atoms with van der Waals surface area (Å²) in [5.41, 5.74) is 0.913. The summed E-state index contributed by atoms with van der Waals surface area (Å²) in [6, 6.07) is -2.40. The van der Waals surface area contributed by atoms with Crippen molar-refractivity contribution in [3.8, 4) is 0 Å². The van der Waals surface area contributed by atoms with E-state index in [0.29, 0.717) is 24.4 Å². The third-order valence-corrected chi connectivity index (χ3v) is 10.9. The average molecular weight is 720 g/mol. The first kappa shape index (κ1) is 43.0. The lowest BCUT2D eigenvalue weighted by Gasteiger charge is -2.55. The van der Waals surface area contributed by atoms with Crippen LogP contribution in [0, 0.1) is 5.41 Å². The van der Waals surface area contributed by atoms with E-state index in [2.05, 4.69) is 37.5 Å². The van der Waals surface area contributed by atoms with Gasteiger partial charge in [-0.2, -0.15) is 13.5 Å². The van der Waals surface area contributed by atoms with Gasteiger partial charge in [-0.25, -0.2) is 10.3 Å². The maximum Gasteiger partial charge on any atom is 0.418 e. The van der Waals surface area contributed by atoms with Gasteiger partial charge >= 0.3 is 16.4 Å². The monoisotopic (exact) mass is 719 g/mol. The van der Waals surface area contributed by atoms with Gasteiger partial charge in [-0.05, 0) is 63.2 Å². The number of hydroxylamine groups is 3. The van der Waals surface area contributed by atoms with Crippen molar-refractivity contribution in [3.05, 3.63) is 0 Å². The summed E-state index contributed by atoms with van der Waals surface area (Å²) in [6.45, 7) is 21.0. The molecule has 0 radical (unpaired) electrons. The van der Waals surface area contributed by atoms with E-state index in [0.717, 1.165) is 11.3 Å². The number of carbonyl (C=O) groups is 3. The highest BCUT2D eigenvalue weighted by molar-refractivity contribution is 7.80. The second-order valence-electron chi connectivity index (χ2n) is 15.1. The van der Waals surface area contributed by atoms with E-state index < -0.39 is 51.5 Å². The minimum absolute atomic E-state index is 0.0524. The summed E-state index contributed by atoms with van der Waals surface area (Å²) in [6.07, 6.45) is 12.3. The lowest BCUT2D eigenvalue weighted by molar-refractivity contribution is -0.929. The van der Waals surface area contributed by atoms with Crippen LogP contribution < -0.4 is 10.6 Å². The normalized spacial score (nSPS) is 22.9. The molecule has 3 aliphatic rings. The molecular formula is C34H65N5O9S. The molecule has 0 aromatic heterocycles. The quantitative estimate of drug-likeness (QED) is 0.116. The lowest BCUT2D eigenvalue weighted by atomic mass is 9.68. The van der Waals surface area contributed by atoms with Gasteiger partial charge < -0.3 is 24.2 Å². The van der Waals surface area contributed by atoms with Gasteiger partial charge in [0, 0.05) is 13.1 Å². The number of nitrogens with one attached hydrogen (secondary N) is 1. The summed E-state index contributed by atoms with van der Waals surface area (Å²) in [7, 11) is -4.88. The van der Waals surface area contributed by atoms with E-state index >= 15 is 0 Å². The number of quaternary nitrogens is 1. The summed E-state index contributed by atoms with van der Waals surface area (Å²) in [5, 5.41) is 12.3. The molecule has 3 heterocycles. The van der Waals surface area contributed by atoms with Crippen LogP contribution in [0.3, 0.4) is 0 Å². The molecule has 49 heavy (non-hydrogen) atoms. The number of carboxylic acid groups (broad SMARTS) is 1. The van der Waals surface area contributed by atoms with E-state index in [1.807, 2.05) is 20.8 Å². The number of piperidine rings is 2. The molecule has 0 spiro atoms. The van der Waals surface area contributed by atoms with Crippen molar-refractivity contribution in [1.29, 1.82) is 0 Å². The number of rotatable bonds is 18. The van der Waals surface area contributed by atoms with Crippen LogP contribution in [0.2, 0.25) is 0 Å². The van der Waals surface area contributed by atoms with E-state index in [1.54, 1.807) is 0 Å². The van der Waals surface area contributed by atoms with E-state index in [-0.39, 0.29) is 26.0 Å². The molecule has 0 aromatic carbocycles. The van der Waals surface area contributed by atoms with Crippen LogP contribution >= 0.6 is 0 Å². The second-order valence-corrected chi connectivity index (χ2v) is 16.1. The molecule has 3 rings (SSSR count). The molecule has 0 saturated carbocycles. The molecule has 0 aliphatic carbocycles. The van der Waals surface area contributed by atoms with Crippen molar-refractivity contribution in [2.45, 2.75) is 150 Å². The first-order valence-corrected chi connectivity index (χ1v) is 19.9. The Morgan fingerprint density at radius 3 is 1.94 bits per heavy atom. The fourth-order valence-electron chi connectivity index (χ4n) is 7.49. The molecule has 286 valence electrons. The van der Waals surface area contributed by atoms with Crippen LogP contribution in [-0.4, -0.2) is 114 Å². The van der Waals surface area contributed by atoms with Gasteiger partial charge in [0.05, 0.1) is 44.4 Å². The summed E-state index contributed by atoms with van der Waals surface area (Å²) in [5.74, 6) is -0.620. The molecule has 3 saturated heterocycles. The van der Waals surface area contributed by atoms with Crippen molar-refractivity contribution in [2.24, 2.45) is 5.41 Å². The third kappa shape index (κ3) is 11.9. The van der Waals surface area contributed by atoms with Crippen LogP contribution in [0.5, 0.6) is 0 Å². The maximum atomic E-state index is 12.7. The number of unbranched alkanes of at least 4 members (excludes halogenated alkanes) is 4. The zero-order valence-corrected chi connectivity index (χ0v) is 32.0. The molecule has 3 atom stereocenters. The van der Waals surface area contributed by atoms with Crippen LogP contribution in [0.15, 0.2) is 0 Å². The minimum Gasteiger partial charge on any atom is -0.530 e. The fourth-order valence-corrected chi connectivity index (χ4v) is 7.88. The Kier molecular flexibility index (Phi) is 17.0. The number of likely N-dealkylation sites (tertiary alicyclic amines) is 1. The van der Waals surface area contributed by atoms with Crippen molar-refractivity contribution in [3.63, 3.8) is 0 Å². The first-order valence-electron chi connectivity index (χ1n) is 18.5. The van der Waals surface area contributed by atoms with Gasteiger partial charge in [0.25, 0.3) is 5.91 Å². The second kappa shape index (κ2) is 19.4. The summed E-state index contributed by atoms with van der Waals surface area (Å²) >= 11 is 0. The van der Waals surface area contributed by atoms with Gasteiger partial charge in [-0.1, -0.05) is 74.1 Å². The maximum absolute atomic E-state index is 12.7. The number of hydrogen-bond donors (Lipinski definition) is 2. The molecule has 0 unspecified atom stereocenters. The van der Waals surface area contributed by atoms with Crippen LogP contribution in [0.4, 0.5) is 9.59 Å². The first-order chi connectivity index (χ1) is 23.0. The van der Waals surface area contributed by atoms with E-state index in [4.69, 9.17) is 9.39 Å². The third-order valence-electron chi connectivity index (χ3n) is 10.6. The molecule has 2 bridgehead atoms. The van der Waals surface area contributed by atoms with Gasteiger partial charge in [0.15, 0.2) is 0 Å². The number of nitrogens with zero attached hydrogens (tertiary/aromatic N) is 4. The summed E-state index contributed by atoms with van der Waals surface area (Å²) in [4.78, 5) is 44.9. The Morgan fingerprint density at radius 2 is 1.49 bits per heavy atom. The van der Waals surface area contributed by atoms with Crippen molar-refractivity contribution in [2.75, 3.05) is 45.9 Å². The molecule has 3 fully saturated rings. The molecule has 2 N–H and O–H groups in total. The highest BCUT2D eigenvalue weighted by Crippen LogP contribution is 2.42. The SMILES string of the molecule is CC(C)(C)[C@]1(CONC(=O)[C@@H]2CC[C@@H]3CN2C(=O)N3OS(=O)(=O)O)CCCCN1C(=O)[O-].CCCC[N+](CCCC)(CCCC)CCCC. The topological polar surface area (TPSA) is 169 Å². The number of fused-ring (bicyclic) bond motifs is 2. The van der Waals surface area contributed by atoms with Crippen LogP contribution in [-0.2, 0) is 24.3 Å². The van der Waals surface area contributed by atoms with Crippen molar-refractivity contribution >= 4 is 28.4 Å². The molecule has 4 amide bonds. The average Bonchev–Trinajstić information content (AvgIpc) is 3.27. The highest BCUT2D eigenvalue weighted by atomic mass is 32.3. The van der Waals surface area contributed by atoms with Crippen molar-refractivity contribution in [1.82, 2.24) is 20.3 Å². The molecule has 15 heteroatoms. The van der Waals surface area contributed by atoms with Gasteiger partial charge in [0.1, 0.15) is 12.1 Å². The highest BCUT2D eigenvalue weighted by Gasteiger charge is 2.51.